The van der Waals surface area contributed by atoms with Crippen LogP contribution >= 0.6 is 0 Å². The van der Waals surface area contributed by atoms with Gasteiger partial charge in [-0.05, 0) is 78.4 Å². The largest absolute Gasteiger partial charge is 0.477 e. The summed E-state index contributed by atoms with van der Waals surface area (Å²) < 4.78 is 43.2. The molecule has 0 aliphatic heterocycles. The van der Waals surface area contributed by atoms with Gasteiger partial charge in [-0.15, -0.1) is 0 Å². The molecular weight excluding hydrogens is 545 g/mol. The molecule has 1 aromatic heterocycles. The minimum absolute atomic E-state index is 0.0110. The van der Waals surface area contributed by atoms with Crippen molar-refractivity contribution in [3.05, 3.63) is 92.8 Å². The molecule has 3 N–H and O–H groups in total. The lowest BCUT2D eigenvalue weighted by atomic mass is 9.97. The minimum Gasteiger partial charge on any atom is -0.477 e. The monoisotopic (exact) mass is 567 g/mol. The van der Waals surface area contributed by atoms with Gasteiger partial charge in [-0.1, -0.05) is 0 Å². The Bertz CT molecular complexity index is 1700. The van der Waals surface area contributed by atoms with Crippen molar-refractivity contribution in [2.45, 2.75) is 25.3 Å². The van der Waals surface area contributed by atoms with Crippen molar-refractivity contribution in [1.29, 1.82) is 0 Å². The van der Waals surface area contributed by atoms with E-state index >= 15 is 0 Å². The number of carboxylic acids is 1. The fourth-order valence-corrected chi connectivity index (χ4v) is 5.21. The second-order valence-electron chi connectivity index (χ2n) is 9.24. The molecule has 206 valence electrons. The Kier molecular flexibility index (Phi) is 7.08. The van der Waals surface area contributed by atoms with E-state index in [0.29, 0.717) is 22.1 Å². The summed E-state index contributed by atoms with van der Waals surface area (Å²) in [5.41, 5.74) is 1.19. The molecule has 13 heteroatoms. The summed E-state index contributed by atoms with van der Waals surface area (Å²) in [5.74, 6) is -2.05. The Morgan fingerprint density at radius 1 is 1.18 bits per heavy atom. The van der Waals surface area contributed by atoms with Crippen LogP contribution in [0.5, 0.6) is 0 Å². The third-order valence-electron chi connectivity index (χ3n) is 6.73. The van der Waals surface area contributed by atoms with E-state index in [1.807, 2.05) is 0 Å². The van der Waals surface area contributed by atoms with E-state index in [9.17, 15) is 38.0 Å². The zero-order valence-electron chi connectivity index (χ0n) is 20.9. The highest BCUT2D eigenvalue weighted by Gasteiger charge is 2.31. The number of carbonyl (C=O) groups is 2. The average Bonchev–Trinajstić information content (AvgIpc) is 3.71. The van der Waals surface area contributed by atoms with Crippen molar-refractivity contribution in [3.8, 4) is 11.3 Å². The number of nitrogens with one attached hydrogen (secondary N) is 1. The molecule has 1 saturated carbocycles. The van der Waals surface area contributed by atoms with Crippen LogP contribution in [0.15, 0.2) is 59.0 Å². The number of nitro groups is 1. The van der Waals surface area contributed by atoms with Crippen molar-refractivity contribution in [2.24, 2.45) is 0 Å². The van der Waals surface area contributed by atoms with Gasteiger partial charge in [0.2, 0.25) is 0 Å². The van der Waals surface area contributed by atoms with Gasteiger partial charge < -0.3 is 14.8 Å². The molecule has 3 aromatic carbocycles. The Morgan fingerprint density at radius 3 is 2.45 bits per heavy atom. The molecule has 4 aromatic rings. The van der Waals surface area contributed by atoms with Gasteiger partial charge in [-0.25, -0.2) is 13.4 Å². The molecule has 1 amide bonds. The van der Waals surface area contributed by atoms with Crippen LogP contribution in [0.3, 0.4) is 0 Å². The molecule has 0 radical (unpaired) electrons. The molecule has 40 heavy (non-hydrogen) atoms. The first kappa shape index (κ1) is 27.0. The zero-order valence-corrected chi connectivity index (χ0v) is 21.7. The number of anilines is 1. The maximum absolute atomic E-state index is 13.6. The first-order chi connectivity index (χ1) is 19.1. The van der Waals surface area contributed by atoms with Gasteiger partial charge in [0.15, 0.2) is 0 Å². The number of halogens is 1. The highest BCUT2D eigenvalue weighted by Crippen LogP contribution is 2.45. The summed E-state index contributed by atoms with van der Waals surface area (Å²) in [5, 5.41) is 23.9. The summed E-state index contributed by atoms with van der Waals surface area (Å²) in [4.78, 5) is 35.0. The first-order valence-electron chi connectivity index (χ1n) is 12.1. The van der Waals surface area contributed by atoms with E-state index in [0.717, 1.165) is 34.8 Å². The van der Waals surface area contributed by atoms with E-state index in [1.54, 1.807) is 12.1 Å². The van der Waals surface area contributed by atoms with Gasteiger partial charge in [-0.2, -0.15) is 0 Å². The smallest absolute Gasteiger partial charge is 0.342 e. The first-order valence-corrected chi connectivity index (χ1v) is 13.1. The van der Waals surface area contributed by atoms with Crippen molar-refractivity contribution in [3.63, 3.8) is 0 Å². The molecule has 0 spiro atoms. The second kappa shape index (κ2) is 10.5. The number of nitro benzene ring substituents is 1. The Hall–Kier alpha value is -4.62. The van der Waals surface area contributed by atoms with Crippen molar-refractivity contribution < 1.29 is 37.2 Å². The standard InChI is InChI=1S/C27H22FN3O8S/c1-29-26(32)24-21-12-19(14-2-3-14)16(10-23(21)39-25(24)15-4-6-17(28)7-5-15)13-30(40(37)38)18-8-9-22(31(35)36)20(11-18)27(33)34/h4-12,14H,2-3,13H2,1H3,(H,29,32)(H,33,34)(H,37,38). The molecule has 0 bridgehead atoms. The van der Waals surface area contributed by atoms with Crippen LogP contribution in [0.4, 0.5) is 15.8 Å². The van der Waals surface area contributed by atoms with Gasteiger partial charge in [0.05, 0.1) is 22.7 Å². The van der Waals surface area contributed by atoms with Crippen LogP contribution in [0.25, 0.3) is 22.3 Å². The number of aromatic carboxylic acids is 1. The zero-order chi connectivity index (χ0) is 28.7. The fourth-order valence-electron chi connectivity index (χ4n) is 4.67. The summed E-state index contributed by atoms with van der Waals surface area (Å²) in [6, 6.07) is 12.1. The SMILES string of the molecule is CNC(=O)c1c(-c2ccc(F)cc2)oc2cc(CN(c3ccc([N+](=O)[O-])c(C(=O)O)c3)S(=O)O)c(C3CC3)cc12. The van der Waals surface area contributed by atoms with E-state index in [4.69, 9.17) is 4.42 Å². The van der Waals surface area contributed by atoms with Crippen LogP contribution in [0.1, 0.15) is 50.6 Å². The predicted octanol–water partition coefficient (Wildman–Crippen LogP) is 5.23. The molecule has 1 atom stereocenters. The predicted molar refractivity (Wildman–Crippen MR) is 144 cm³/mol. The van der Waals surface area contributed by atoms with Crippen LogP contribution in [0, 0.1) is 15.9 Å². The van der Waals surface area contributed by atoms with Gasteiger partial charge in [0.25, 0.3) is 22.9 Å². The molecule has 1 heterocycles. The maximum Gasteiger partial charge on any atom is 0.342 e. The third kappa shape index (κ3) is 5.03. The average molecular weight is 568 g/mol. The Balaban J connectivity index is 1.64. The van der Waals surface area contributed by atoms with E-state index in [-0.39, 0.29) is 29.5 Å². The topological polar surface area (TPSA) is 163 Å². The lowest BCUT2D eigenvalue weighted by molar-refractivity contribution is -0.385. The molecule has 11 nitrogen and oxygen atoms in total. The molecule has 5 rings (SSSR count). The van der Waals surface area contributed by atoms with Gasteiger partial charge in [-0.3, -0.25) is 23.8 Å². The van der Waals surface area contributed by atoms with Crippen LogP contribution in [0.2, 0.25) is 0 Å². The number of hydrogen-bond acceptors (Lipinski definition) is 6. The molecule has 0 saturated heterocycles. The number of carbonyl (C=O) groups excluding carboxylic acids is 1. The summed E-state index contributed by atoms with van der Waals surface area (Å²) in [6.45, 7) is -0.163. The highest BCUT2D eigenvalue weighted by molar-refractivity contribution is 7.80. The normalized spacial score (nSPS) is 13.7. The van der Waals surface area contributed by atoms with Crippen LogP contribution in [-0.2, 0) is 17.8 Å². The summed E-state index contributed by atoms with van der Waals surface area (Å²) >= 11 is -2.63. The van der Waals surface area contributed by atoms with Crippen LogP contribution < -0.4 is 9.62 Å². The van der Waals surface area contributed by atoms with E-state index in [1.165, 1.54) is 37.4 Å². The van der Waals surface area contributed by atoms with Crippen molar-refractivity contribution in [1.82, 2.24) is 5.32 Å². The molecule has 1 unspecified atom stereocenters. The van der Waals surface area contributed by atoms with E-state index in [2.05, 4.69) is 5.32 Å². The molecule has 1 aliphatic carbocycles. The number of carboxylic acid groups (broad SMARTS) is 1. The highest BCUT2D eigenvalue weighted by atomic mass is 32.2. The Morgan fingerprint density at radius 2 is 1.88 bits per heavy atom. The lowest BCUT2D eigenvalue weighted by Crippen LogP contribution is -2.25. The number of hydrogen-bond donors (Lipinski definition) is 3. The summed E-state index contributed by atoms with van der Waals surface area (Å²) in [7, 11) is 1.48. The molecule has 1 fully saturated rings. The lowest BCUT2D eigenvalue weighted by Gasteiger charge is -2.22. The number of benzene rings is 3. The molecular formula is C27H22FN3O8S. The van der Waals surface area contributed by atoms with Crippen molar-refractivity contribution in [2.75, 3.05) is 11.4 Å². The maximum atomic E-state index is 13.6. The summed E-state index contributed by atoms with van der Waals surface area (Å²) in [6.07, 6.45) is 1.72. The second-order valence-corrected chi connectivity index (χ2v) is 10.1. The van der Waals surface area contributed by atoms with Gasteiger partial charge >= 0.3 is 5.97 Å². The fraction of sp³-hybridized carbons (Fsp3) is 0.185. The number of amides is 1. The quantitative estimate of drug-likeness (QED) is 0.141. The van der Waals surface area contributed by atoms with E-state index < -0.39 is 45.1 Å². The molecule has 1 aliphatic rings. The minimum atomic E-state index is -2.63. The number of fused-ring (bicyclic) bond motifs is 1. The third-order valence-corrected chi connectivity index (χ3v) is 7.44. The number of furan rings is 1. The van der Waals surface area contributed by atoms with Crippen molar-refractivity contribution >= 4 is 45.5 Å². The van der Waals surface area contributed by atoms with Gasteiger partial charge in [0, 0.05) is 24.1 Å². The van der Waals surface area contributed by atoms with Gasteiger partial charge in [0.1, 0.15) is 22.7 Å². The van der Waals surface area contributed by atoms with Crippen LogP contribution in [-0.4, -0.2) is 37.7 Å². The Labute approximate surface area is 228 Å². The number of nitrogens with zero attached hydrogens (tertiary/aromatic N) is 2. The number of rotatable bonds is 9.